The number of sulfonamides is 1. The van der Waals surface area contributed by atoms with Gasteiger partial charge in [0.25, 0.3) is 5.91 Å². The molecule has 0 bridgehead atoms. The molecule has 6 nitrogen and oxygen atoms in total. The highest BCUT2D eigenvalue weighted by molar-refractivity contribution is 7.89. The SMILES string of the molecule is N#CCCNS(=O)(=O)c1ccc(C(=O)N(Cc2ccccc2)C2CC2)cc1. The third kappa shape index (κ3) is 4.94. The second-order valence-electron chi connectivity index (χ2n) is 6.48. The average molecular weight is 383 g/mol. The highest BCUT2D eigenvalue weighted by Crippen LogP contribution is 2.30. The third-order valence-corrected chi connectivity index (χ3v) is 5.86. The Labute approximate surface area is 159 Å². The molecule has 1 amide bonds. The van der Waals surface area contributed by atoms with Crippen molar-refractivity contribution in [2.75, 3.05) is 6.54 Å². The Hall–Kier alpha value is -2.69. The summed E-state index contributed by atoms with van der Waals surface area (Å²) >= 11 is 0. The van der Waals surface area contributed by atoms with Gasteiger partial charge < -0.3 is 4.90 Å². The fraction of sp³-hybridized carbons (Fsp3) is 0.300. The number of amides is 1. The van der Waals surface area contributed by atoms with Gasteiger partial charge in [-0.15, -0.1) is 0 Å². The molecule has 2 aromatic carbocycles. The van der Waals surface area contributed by atoms with E-state index in [0.717, 1.165) is 18.4 Å². The van der Waals surface area contributed by atoms with Gasteiger partial charge in [-0.2, -0.15) is 5.26 Å². The molecular weight excluding hydrogens is 362 g/mol. The Kier molecular flexibility index (Phi) is 5.89. The van der Waals surface area contributed by atoms with Gasteiger partial charge >= 0.3 is 0 Å². The summed E-state index contributed by atoms with van der Waals surface area (Å²) in [6.07, 6.45) is 2.09. The Morgan fingerprint density at radius 3 is 2.37 bits per heavy atom. The first-order chi connectivity index (χ1) is 13.0. The lowest BCUT2D eigenvalue weighted by Gasteiger charge is -2.23. The lowest BCUT2D eigenvalue weighted by molar-refractivity contribution is 0.0730. The number of nitriles is 1. The number of rotatable bonds is 8. The van der Waals surface area contributed by atoms with Crippen molar-refractivity contribution in [3.05, 3.63) is 65.7 Å². The van der Waals surface area contributed by atoms with Crippen molar-refractivity contribution >= 4 is 15.9 Å². The molecule has 0 aliphatic heterocycles. The molecule has 7 heteroatoms. The van der Waals surface area contributed by atoms with Gasteiger partial charge in [0.1, 0.15) is 0 Å². The van der Waals surface area contributed by atoms with E-state index < -0.39 is 10.0 Å². The second-order valence-corrected chi connectivity index (χ2v) is 8.25. The van der Waals surface area contributed by atoms with E-state index in [0.29, 0.717) is 12.1 Å². The predicted octanol–water partition coefficient (Wildman–Crippen LogP) is 2.68. The molecule has 27 heavy (non-hydrogen) atoms. The van der Waals surface area contributed by atoms with Crippen LogP contribution in [0.25, 0.3) is 0 Å². The Morgan fingerprint density at radius 1 is 1.11 bits per heavy atom. The Balaban J connectivity index is 1.73. The Bertz CT molecular complexity index is 931. The summed E-state index contributed by atoms with van der Waals surface area (Å²) in [7, 11) is -3.67. The van der Waals surface area contributed by atoms with E-state index in [1.807, 2.05) is 41.3 Å². The monoisotopic (exact) mass is 383 g/mol. The number of hydrogen-bond acceptors (Lipinski definition) is 4. The third-order valence-electron chi connectivity index (χ3n) is 4.38. The molecule has 1 aliphatic rings. The van der Waals surface area contributed by atoms with Crippen molar-refractivity contribution in [2.24, 2.45) is 0 Å². The molecule has 0 unspecified atom stereocenters. The first-order valence-electron chi connectivity index (χ1n) is 8.83. The van der Waals surface area contributed by atoms with Gasteiger partial charge in [0.2, 0.25) is 10.0 Å². The molecule has 0 aromatic heterocycles. The van der Waals surface area contributed by atoms with Crippen molar-refractivity contribution in [3.8, 4) is 6.07 Å². The van der Waals surface area contributed by atoms with Crippen LogP contribution in [0, 0.1) is 11.3 Å². The zero-order valence-electron chi connectivity index (χ0n) is 14.8. The first kappa shape index (κ1) is 19.1. The summed E-state index contributed by atoms with van der Waals surface area (Å²) < 4.78 is 26.7. The maximum Gasteiger partial charge on any atom is 0.254 e. The standard InChI is InChI=1S/C20H21N3O3S/c21-13-4-14-22-27(25,26)19-11-7-17(8-12-19)20(24)23(18-9-10-18)15-16-5-2-1-3-6-16/h1-3,5-8,11-12,18,22H,4,9-10,14-15H2. The van der Waals surface area contributed by atoms with Gasteiger partial charge in [-0.1, -0.05) is 30.3 Å². The van der Waals surface area contributed by atoms with E-state index >= 15 is 0 Å². The molecular formula is C20H21N3O3S. The highest BCUT2D eigenvalue weighted by atomic mass is 32.2. The predicted molar refractivity (Wildman–Crippen MR) is 101 cm³/mol. The number of nitrogens with one attached hydrogen (secondary N) is 1. The van der Waals surface area contributed by atoms with Crippen LogP contribution in [0.15, 0.2) is 59.5 Å². The fourth-order valence-corrected chi connectivity index (χ4v) is 3.83. The zero-order valence-corrected chi connectivity index (χ0v) is 15.7. The lowest BCUT2D eigenvalue weighted by atomic mass is 10.1. The van der Waals surface area contributed by atoms with Gasteiger partial charge in [-0.3, -0.25) is 4.79 Å². The van der Waals surface area contributed by atoms with E-state index in [2.05, 4.69) is 4.72 Å². The largest absolute Gasteiger partial charge is 0.331 e. The maximum atomic E-state index is 12.9. The Morgan fingerprint density at radius 2 is 1.78 bits per heavy atom. The van der Waals surface area contributed by atoms with Crippen LogP contribution in [-0.4, -0.2) is 31.8 Å². The zero-order chi connectivity index (χ0) is 19.3. The smallest absolute Gasteiger partial charge is 0.254 e. The number of carbonyl (C=O) groups is 1. The van der Waals surface area contributed by atoms with E-state index in [-0.39, 0.29) is 29.8 Å². The normalized spacial score (nSPS) is 13.7. The summed E-state index contributed by atoms with van der Waals surface area (Å²) in [6.45, 7) is 0.603. The average Bonchev–Trinajstić information content (AvgIpc) is 3.52. The molecule has 140 valence electrons. The van der Waals surface area contributed by atoms with Crippen LogP contribution in [-0.2, 0) is 16.6 Å². The lowest BCUT2D eigenvalue weighted by Crippen LogP contribution is -2.32. The minimum Gasteiger partial charge on any atom is -0.331 e. The summed E-state index contributed by atoms with van der Waals surface area (Å²) in [5.41, 5.74) is 1.53. The van der Waals surface area contributed by atoms with Crippen LogP contribution in [0.2, 0.25) is 0 Å². The van der Waals surface area contributed by atoms with Crippen molar-refractivity contribution < 1.29 is 13.2 Å². The van der Waals surface area contributed by atoms with E-state index in [4.69, 9.17) is 5.26 Å². The van der Waals surface area contributed by atoms with Crippen LogP contribution >= 0.6 is 0 Å². The van der Waals surface area contributed by atoms with E-state index in [9.17, 15) is 13.2 Å². The maximum absolute atomic E-state index is 12.9. The summed E-state index contributed by atoms with van der Waals surface area (Å²) in [5.74, 6) is -0.0947. The van der Waals surface area contributed by atoms with Crippen LogP contribution in [0.4, 0.5) is 0 Å². The molecule has 0 heterocycles. The molecule has 2 aromatic rings. The minimum absolute atomic E-state index is 0.0616. The van der Waals surface area contributed by atoms with Crippen molar-refractivity contribution in [2.45, 2.75) is 36.7 Å². The van der Waals surface area contributed by atoms with Crippen molar-refractivity contribution in [1.82, 2.24) is 9.62 Å². The summed E-state index contributed by atoms with van der Waals surface area (Å²) in [4.78, 5) is 14.9. The van der Waals surface area contributed by atoms with Crippen molar-refractivity contribution in [1.29, 1.82) is 5.26 Å². The number of hydrogen-bond donors (Lipinski definition) is 1. The molecule has 1 fully saturated rings. The quantitative estimate of drug-likeness (QED) is 0.710. The van der Waals surface area contributed by atoms with Gasteiger partial charge in [0.15, 0.2) is 0 Å². The van der Waals surface area contributed by atoms with E-state index in [1.54, 1.807) is 12.1 Å². The molecule has 1 saturated carbocycles. The van der Waals surface area contributed by atoms with Gasteiger partial charge in [-0.25, -0.2) is 13.1 Å². The van der Waals surface area contributed by atoms with Gasteiger partial charge in [-0.05, 0) is 42.7 Å². The molecule has 1 aliphatic carbocycles. The number of benzene rings is 2. The topological polar surface area (TPSA) is 90.3 Å². The fourth-order valence-electron chi connectivity index (χ4n) is 2.80. The second kappa shape index (κ2) is 8.33. The molecule has 3 rings (SSSR count). The van der Waals surface area contributed by atoms with Crippen LogP contribution in [0.5, 0.6) is 0 Å². The molecule has 0 radical (unpaired) electrons. The van der Waals surface area contributed by atoms with Gasteiger partial charge in [0, 0.05) is 31.1 Å². The molecule has 0 saturated heterocycles. The first-order valence-corrected chi connectivity index (χ1v) is 10.3. The van der Waals surface area contributed by atoms with Gasteiger partial charge in [0.05, 0.1) is 11.0 Å². The summed E-state index contributed by atoms with van der Waals surface area (Å²) in [6, 6.07) is 17.9. The highest BCUT2D eigenvalue weighted by Gasteiger charge is 2.33. The van der Waals surface area contributed by atoms with E-state index in [1.165, 1.54) is 12.1 Å². The number of nitrogens with zero attached hydrogens (tertiary/aromatic N) is 2. The minimum atomic E-state index is -3.67. The van der Waals surface area contributed by atoms with Crippen LogP contribution < -0.4 is 4.72 Å². The van der Waals surface area contributed by atoms with Crippen molar-refractivity contribution in [3.63, 3.8) is 0 Å². The molecule has 1 N–H and O–H groups in total. The number of carbonyl (C=O) groups excluding carboxylic acids is 1. The molecule has 0 atom stereocenters. The van der Waals surface area contributed by atoms with Crippen LogP contribution in [0.3, 0.4) is 0 Å². The summed E-state index contributed by atoms with van der Waals surface area (Å²) in [5, 5.41) is 8.51. The van der Waals surface area contributed by atoms with Crippen LogP contribution in [0.1, 0.15) is 35.2 Å². The molecule has 0 spiro atoms.